The van der Waals surface area contributed by atoms with Crippen LogP contribution in [0, 0.1) is 0 Å². The van der Waals surface area contributed by atoms with Crippen LogP contribution in [-0.2, 0) is 39.1 Å². The average molecular weight is 493 g/mol. The number of aliphatic carboxylic acids is 1. The first kappa shape index (κ1) is 25.0. The zero-order chi connectivity index (χ0) is 24.4. The van der Waals surface area contributed by atoms with Gasteiger partial charge in [-0.25, -0.2) is 14.1 Å². The Hall–Kier alpha value is -3.31. The number of nitrogen functional groups attached to an aromatic ring is 1. The van der Waals surface area contributed by atoms with E-state index >= 15 is 0 Å². The topological polar surface area (TPSA) is 228 Å². The molecule has 17 heteroatoms. The van der Waals surface area contributed by atoms with Crippen molar-refractivity contribution in [3.8, 4) is 0 Å². The number of hydrogen-bond donors (Lipinski definition) is 4. The predicted octanol–water partition coefficient (Wildman–Crippen LogP) is -1.63. The number of amides is 2. The highest BCUT2D eigenvalue weighted by atomic mass is 32.2. The van der Waals surface area contributed by atoms with Crippen molar-refractivity contribution in [3.05, 3.63) is 11.1 Å². The fourth-order valence-electron chi connectivity index (χ4n) is 2.43. The molecule has 2 amide bonds. The molecule has 0 bridgehead atoms. The third kappa shape index (κ3) is 5.29. The first-order valence-corrected chi connectivity index (χ1v) is 10.9. The number of β-lactam (4-membered cyclic amide) rings is 1. The van der Waals surface area contributed by atoms with Gasteiger partial charge in [-0.2, -0.15) is 8.42 Å². The highest BCUT2D eigenvalue weighted by Gasteiger charge is 2.55. The molecule has 1 fully saturated rings. The largest absolute Gasteiger partial charge is 0.478 e. The lowest BCUT2D eigenvalue weighted by atomic mass is 9.95. The van der Waals surface area contributed by atoms with E-state index in [1.807, 2.05) is 0 Å². The van der Waals surface area contributed by atoms with Gasteiger partial charge in [0.2, 0.25) is 5.60 Å². The van der Waals surface area contributed by atoms with E-state index in [0.717, 1.165) is 32.3 Å². The summed E-state index contributed by atoms with van der Waals surface area (Å²) in [5.41, 5.74) is 3.02. The highest BCUT2D eigenvalue weighted by molar-refractivity contribution is 7.84. The number of rotatable bonds is 9. The van der Waals surface area contributed by atoms with Gasteiger partial charge in [0, 0.05) is 5.38 Å². The van der Waals surface area contributed by atoms with Gasteiger partial charge in [-0.15, -0.1) is 11.3 Å². The van der Waals surface area contributed by atoms with Crippen molar-refractivity contribution in [1.82, 2.24) is 14.6 Å². The smallest absolute Gasteiger partial charge is 0.362 e. The second kappa shape index (κ2) is 9.05. The molecular weight excluding hydrogens is 474 g/mol. The summed E-state index contributed by atoms with van der Waals surface area (Å²) >= 11 is 0.930. The number of esters is 1. The highest BCUT2D eigenvalue weighted by Crippen LogP contribution is 2.27. The van der Waals surface area contributed by atoms with Crippen LogP contribution in [0.3, 0.4) is 0 Å². The monoisotopic (exact) mass is 493 g/mol. The molecule has 0 spiro atoms. The minimum Gasteiger partial charge on any atom is -0.478 e. The molecule has 15 nitrogen and oxygen atoms in total. The van der Waals surface area contributed by atoms with Crippen LogP contribution in [0.15, 0.2) is 10.5 Å². The fraction of sp³-hybridized carbons (Fsp3) is 0.467. The van der Waals surface area contributed by atoms with Crippen LogP contribution in [0.4, 0.5) is 5.13 Å². The van der Waals surface area contributed by atoms with E-state index in [9.17, 15) is 32.1 Å². The molecule has 1 saturated heterocycles. The summed E-state index contributed by atoms with van der Waals surface area (Å²) in [6.45, 7) is 2.32. The number of carboxylic acids is 1. The molecule has 176 valence electrons. The summed E-state index contributed by atoms with van der Waals surface area (Å²) in [6, 6.07) is -3.04. The van der Waals surface area contributed by atoms with Gasteiger partial charge in [-0.3, -0.25) is 18.9 Å². The lowest BCUT2D eigenvalue weighted by Gasteiger charge is -2.43. The average Bonchev–Trinajstić information content (AvgIpc) is 3.10. The number of hydrogen-bond acceptors (Lipinski definition) is 12. The molecule has 0 aromatic carbocycles. The van der Waals surface area contributed by atoms with Gasteiger partial charge in [-0.1, -0.05) is 5.16 Å². The zero-order valence-electron chi connectivity index (χ0n) is 16.8. The second-order valence-corrected chi connectivity index (χ2v) is 9.01. The quantitative estimate of drug-likeness (QED) is 0.0999. The molecule has 1 aliphatic rings. The standard InChI is InChI=1S/C15H19N5O10S2/c1-15(2,13(24)25)30-19-9(6-5-31-14(16)17-6)11(22)18-10-7(4-8(21)29-3)20(12(10)23)32(26,27)28/h5,7,10H,4H2,1-3H3,(H2,16,17)(H,18,22)(H,24,25)(H,26,27,28)/b19-9+/t7-,10+/m0/s1. The molecule has 0 unspecified atom stereocenters. The molecule has 1 aromatic rings. The van der Waals surface area contributed by atoms with E-state index in [2.05, 4.69) is 20.2 Å². The summed E-state index contributed by atoms with van der Waals surface area (Å²) in [6.07, 6.45) is -0.661. The number of nitrogens with one attached hydrogen (secondary N) is 1. The number of carbonyl (C=O) groups excluding carboxylic acids is 3. The molecule has 0 aliphatic carbocycles. The molecule has 32 heavy (non-hydrogen) atoms. The Morgan fingerprint density at radius 3 is 2.50 bits per heavy atom. The van der Waals surface area contributed by atoms with E-state index in [0.29, 0.717) is 0 Å². The van der Waals surface area contributed by atoms with Crippen LogP contribution < -0.4 is 11.1 Å². The minimum absolute atomic E-state index is 0.0244. The van der Waals surface area contributed by atoms with Gasteiger partial charge in [0.25, 0.3) is 11.8 Å². The number of thiazole rings is 1. The van der Waals surface area contributed by atoms with Gasteiger partial charge in [-0.05, 0) is 13.8 Å². The number of methoxy groups -OCH3 is 1. The third-order valence-corrected chi connectivity index (χ3v) is 5.79. The lowest BCUT2D eigenvalue weighted by Crippen LogP contribution is -2.72. The van der Waals surface area contributed by atoms with E-state index < -0.39 is 63.9 Å². The van der Waals surface area contributed by atoms with Crippen LogP contribution in [0.5, 0.6) is 0 Å². The molecule has 2 heterocycles. The molecule has 1 aliphatic heterocycles. The van der Waals surface area contributed by atoms with Crippen molar-refractivity contribution in [2.75, 3.05) is 12.8 Å². The SMILES string of the molecule is COC(=O)C[C@H]1[C@@H](NC(=O)/C(=N/OC(C)(C)C(=O)O)c2csc(N)n2)C(=O)N1S(=O)(=O)O. The van der Waals surface area contributed by atoms with E-state index in [-0.39, 0.29) is 15.1 Å². The lowest BCUT2D eigenvalue weighted by molar-refractivity contribution is -0.161. The van der Waals surface area contributed by atoms with Gasteiger partial charge in [0.1, 0.15) is 11.7 Å². The molecule has 0 radical (unpaired) electrons. The van der Waals surface area contributed by atoms with Crippen molar-refractivity contribution < 1.29 is 46.8 Å². The maximum absolute atomic E-state index is 12.8. The van der Waals surface area contributed by atoms with Crippen LogP contribution in [-0.4, -0.2) is 81.6 Å². The maximum atomic E-state index is 12.8. The summed E-state index contributed by atoms with van der Waals surface area (Å²) in [5, 5.41) is 16.2. The van der Waals surface area contributed by atoms with Crippen molar-refractivity contribution in [2.24, 2.45) is 5.16 Å². The molecular formula is C15H19N5O10S2. The van der Waals surface area contributed by atoms with E-state index in [1.54, 1.807) is 0 Å². The summed E-state index contributed by atoms with van der Waals surface area (Å²) in [7, 11) is -4.00. The maximum Gasteiger partial charge on any atom is 0.362 e. The van der Waals surface area contributed by atoms with Crippen LogP contribution >= 0.6 is 11.3 Å². The Balaban J connectivity index is 2.34. The Labute approximate surface area is 185 Å². The van der Waals surface area contributed by atoms with Gasteiger partial charge < -0.3 is 25.7 Å². The molecule has 5 N–H and O–H groups in total. The number of anilines is 1. The number of ether oxygens (including phenoxy) is 1. The molecule has 1 aromatic heterocycles. The number of carboxylic acid groups (broad SMARTS) is 1. The molecule has 2 atom stereocenters. The summed E-state index contributed by atoms with van der Waals surface area (Å²) in [4.78, 5) is 56.6. The second-order valence-electron chi connectivity index (χ2n) is 6.83. The first-order valence-electron chi connectivity index (χ1n) is 8.58. The Kier molecular flexibility index (Phi) is 7.06. The Morgan fingerprint density at radius 1 is 1.41 bits per heavy atom. The summed E-state index contributed by atoms with van der Waals surface area (Å²) < 4.78 is 36.6. The third-order valence-electron chi connectivity index (χ3n) is 4.17. The van der Waals surface area contributed by atoms with E-state index in [4.69, 9.17) is 15.7 Å². The van der Waals surface area contributed by atoms with Gasteiger partial charge in [0.15, 0.2) is 10.8 Å². The Morgan fingerprint density at radius 2 is 2.03 bits per heavy atom. The minimum atomic E-state index is -5.02. The normalized spacial score (nSPS) is 19.2. The number of aromatic nitrogens is 1. The first-order chi connectivity index (χ1) is 14.7. The van der Waals surface area contributed by atoms with Crippen molar-refractivity contribution in [1.29, 1.82) is 0 Å². The van der Waals surface area contributed by atoms with Crippen LogP contribution in [0.25, 0.3) is 0 Å². The van der Waals surface area contributed by atoms with Crippen LogP contribution in [0.1, 0.15) is 26.0 Å². The van der Waals surface area contributed by atoms with Crippen molar-refractivity contribution in [2.45, 2.75) is 38.0 Å². The van der Waals surface area contributed by atoms with E-state index in [1.165, 1.54) is 5.38 Å². The number of nitrogens with zero attached hydrogens (tertiary/aromatic N) is 3. The van der Waals surface area contributed by atoms with Gasteiger partial charge >= 0.3 is 22.2 Å². The molecule has 0 saturated carbocycles. The predicted molar refractivity (Wildman–Crippen MR) is 107 cm³/mol. The number of oxime groups is 1. The van der Waals surface area contributed by atoms with Crippen molar-refractivity contribution in [3.63, 3.8) is 0 Å². The number of carbonyl (C=O) groups is 4. The van der Waals surface area contributed by atoms with Crippen LogP contribution in [0.2, 0.25) is 0 Å². The van der Waals surface area contributed by atoms with Crippen molar-refractivity contribution >= 4 is 56.2 Å². The molecule has 2 rings (SSSR count). The summed E-state index contributed by atoms with van der Waals surface area (Å²) in [5.74, 6) is -4.64. The number of nitrogens with two attached hydrogens (primary N) is 1. The fourth-order valence-corrected chi connectivity index (χ4v) is 3.85. The Bertz CT molecular complexity index is 1080. The zero-order valence-corrected chi connectivity index (χ0v) is 18.5. The van der Waals surface area contributed by atoms with Gasteiger partial charge in [0.05, 0.1) is 19.6 Å².